The van der Waals surface area contributed by atoms with Crippen molar-refractivity contribution in [3.8, 4) is 39.8 Å². The van der Waals surface area contributed by atoms with Gasteiger partial charge in [0.2, 0.25) is 0 Å². The van der Waals surface area contributed by atoms with Crippen LogP contribution in [0.5, 0.6) is 17.2 Å². The lowest BCUT2D eigenvalue weighted by atomic mass is 9.95. The van der Waals surface area contributed by atoms with Crippen molar-refractivity contribution < 1.29 is 19.7 Å². The average Bonchev–Trinajstić information content (AvgIpc) is 2.55. The van der Waals surface area contributed by atoms with E-state index >= 15 is 0 Å². The summed E-state index contributed by atoms with van der Waals surface area (Å²) in [5.41, 5.74) is 3.44. The molecule has 1 aliphatic carbocycles. The van der Waals surface area contributed by atoms with Crippen LogP contribution in [0.3, 0.4) is 0 Å². The van der Waals surface area contributed by atoms with E-state index in [1.54, 1.807) is 20.8 Å². The molecule has 4 rings (SSSR count). The highest BCUT2D eigenvalue weighted by Crippen LogP contribution is 2.46. The van der Waals surface area contributed by atoms with Crippen LogP contribution in [0, 0.1) is 20.8 Å². The zero-order chi connectivity index (χ0) is 19.5. The van der Waals surface area contributed by atoms with Crippen molar-refractivity contribution in [3.05, 3.63) is 57.2 Å². The van der Waals surface area contributed by atoms with Crippen LogP contribution in [0.25, 0.3) is 33.7 Å². The second-order valence-electron chi connectivity index (χ2n) is 6.72. The van der Waals surface area contributed by atoms with Crippen LogP contribution in [-0.2, 0) is 0 Å². The molecule has 0 atom stereocenters. The number of phenolic OH excluding ortho intramolecular Hbond substituents is 3. The van der Waals surface area contributed by atoms with Crippen LogP contribution in [0.1, 0.15) is 16.7 Å². The number of aromatic hydroxyl groups is 3. The molecule has 6 heteroatoms. The van der Waals surface area contributed by atoms with Crippen LogP contribution >= 0.6 is 0 Å². The van der Waals surface area contributed by atoms with E-state index in [-0.39, 0.29) is 33.8 Å². The van der Waals surface area contributed by atoms with Crippen molar-refractivity contribution in [3.63, 3.8) is 0 Å². The molecule has 0 aromatic heterocycles. The maximum absolute atomic E-state index is 11.7. The van der Waals surface area contributed by atoms with Crippen molar-refractivity contribution in [2.75, 3.05) is 0 Å². The monoisotopic (exact) mass is 363 g/mol. The summed E-state index contributed by atoms with van der Waals surface area (Å²) in [7, 11) is 0. The van der Waals surface area contributed by atoms with Crippen molar-refractivity contribution in [1.82, 2.24) is 4.98 Å². The maximum Gasteiger partial charge on any atom is 0.182 e. The molecule has 0 unspecified atom stereocenters. The lowest BCUT2D eigenvalue weighted by molar-refractivity contribution is 0.449. The van der Waals surface area contributed by atoms with Gasteiger partial charge in [0.25, 0.3) is 0 Å². The summed E-state index contributed by atoms with van der Waals surface area (Å²) in [6.45, 7) is 5.24. The lowest BCUT2D eigenvalue weighted by Crippen LogP contribution is -2.03. The van der Waals surface area contributed by atoms with Crippen molar-refractivity contribution in [1.29, 1.82) is 0 Å². The zero-order valence-electron chi connectivity index (χ0n) is 15.0. The fourth-order valence-electron chi connectivity index (χ4n) is 3.46. The van der Waals surface area contributed by atoms with Crippen LogP contribution < -0.4 is 5.43 Å². The van der Waals surface area contributed by atoms with Gasteiger partial charge in [-0.1, -0.05) is 0 Å². The quantitative estimate of drug-likeness (QED) is 0.442. The number of nitrogens with zero attached hydrogens (tertiary/aromatic N) is 1. The minimum absolute atomic E-state index is 0.131. The van der Waals surface area contributed by atoms with Crippen molar-refractivity contribution in [2.45, 2.75) is 20.8 Å². The van der Waals surface area contributed by atoms with Gasteiger partial charge in [0.1, 0.15) is 28.5 Å². The summed E-state index contributed by atoms with van der Waals surface area (Å²) >= 11 is 0. The van der Waals surface area contributed by atoms with E-state index in [0.717, 1.165) is 0 Å². The first-order valence-electron chi connectivity index (χ1n) is 8.37. The summed E-state index contributed by atoms with van der Waals surface area (Å²) in [5.74, 6) is -0.125. The highest BCUT2D eigenvalue weighted by molar-refractivity contribution is 5.93. The van der Waals surface area contributed by atoms with Gasteiger partial charge in [0, 0.05) is 17.7 Å². The van der Waals surface area contributed by atoms with E-state index in [9.17, 15) is 20.1 Å². The number of fused-ring (bicyclic) bond motifs is 2. The van der Waals surface area contributed by atoms with Gasteiger partial charge in [0.05, 0.1) is 5.56 Å². The number of hydrogen-bond donors (Lipinski definition) is 3. The van der Waals surface area contributed by atoms with Gasteiger partial charge in [-0.05, 0) is 55.7 Å². The van der Waals surface area contributed by atoms with Crippen molar-refractivity contribution >= 4 is 11.1 Å². The minimum atomic E-state index is -0.183. The second kappa shape index (κ2) is 5.74. The Bertz CT molecular complexity index is 1230. The largest absolute Gasteiger partial charge is 0.507 e. The minimum Gasteiger partial charge on any atom is -0.507 e. The first-order valence-corrected chi connectivity index (χ1v) is 8.37. The Labute approximate surface area is 154 Å². The van der Waals surface area contributed by atoms with Gasteiger partial charge in [-0.3, -0.25) is 4.79 Å². The Morgan fingerprint density at radius 2 is 1.48 bits per heavy atom. The summed E-state index contributed by atoms with van der Waals surface area (Å²) < 4.78 is 5.79. The third-order valence-corrected chi connectivity index (χ3v) is 4.66. The van der Waals surface area contributed by atoms with E-state index in [1.807, 2.05) is 0 Å². The highest BCUT2D eigenvalue weighted by atomic mass is 16.3. The Morgan fingerprint density at radius 3 is 2.15 bits per heavy atom. The maximum atomic E-state index is 11.7. The normalized spacial score (nSPS) is 11.4. The average molecular weight is 363 g/mol. The summed E-state index contributed by atoms with van der Waals surface area (Å²) in [4.78, 5) is 16.3. The molecule has 2 aliphatic rings. The van der Waals surface area contributed by atoms with Gasteiger partial charge in [-0.25, -0.2) is 4.98 Å². The van der Waals surface area contributed by atoms with Gasteiger partial charge >= 0.3 is 0 Å². The van der Waals surface area contributed by atoms with Crippen LogP contribution in [-0.4, -0.2) is 20.3 Å². The molecular weight excluding hydrogens is 346 g/mol. The molecule has 27 heavy (non-hydrogen) atoms. The first-order chi connectivity index (χ1) is 12.8. The highest BCUT2D eigenvalue weighted by Gasteiger charge is 2.22. The molecule has 0 saturated heterocycles. The van der Waals surface area contributed by atoms with E-state index in [2.05, 4.69) is 4.98 Å². The summed E-state index contributed by atoms with van der Waals surface area (Å²) in [6.07, 6.45) is 0. The smallest absolute Gasteiger partial charge is 0.182 e. The molecule has 0 spiro atoms. The number of benzene rings is 3. The van der Waals surface area contributed by atoms with Crippen LogP contribution in [0.15, 0.2) is 39.5 Å². The topological polar surface area (TPSA) is 104 Å². The van der Waals surface area contributed by atoms with Gasteiger partial charge in [-0.2, -0.15) is 0 Å². The molecule has 2 aromatic rings. The Hall–Kier alpha value is -3.54. The van der Waals surface area contributed by atoms with Gasteiger partial charge in [0.15, 0.2) is 16.8 Å². The van der Waals surface area contributed by atoms with E-state index in [1.165, 1.54) is 30.3 Å². The Balaban J connectivity index is 2.12. The summed E-state index contributed by atoms with van der Waals surface area (Å²) in [6, 6.07) is 7.22. The molecule has 0 radical (unpaired) electrons. The second-order valence-corrected chi connectivity index (χ2v) is 6.72. The van der Waals surface area contributed by atoms with Gasteiger partial charge < -0.3 is 19.7 Å². The fraction of sp³-hybridized carbons (Fsp3) is 0.143. The first kappa shape index (κ1) is 16.9. The molecule has 0 amide bonds. The summed E-state index contributed by atoms with van der Waals surface area (Å²) in [5, 5.41) is 31.3. The Kier molecular flexibility index (Phi) is 3.59. The molecule has 2 aromatic carbocycles. The molecule has 0 bridgehead atoms. The SMILES string of the molecule is Cc1cc(O)c(-c2c(O)cc3oc4cc(=O)cc(C)c-4nc3c2C)c(O)c1. The number of rotatable bonds is 1. The number of aryl methyl sites for hydroxylation is 3. The standard InChI is InChI=1S/C21H17NO5/c1-9-4-13(24)19(14(25)5-9)18-11(3)21-17(8-15(18)26)27-16-7-12(23)6-10(2)20(16)22-21/h4-8,24-26H,1-3H3. The molecule has 136 valence electrons. The third kappa shape index (κ3) is 2.57. The molecule has 1 aliphatic heterocycles. The van der Waals surface area contributed by atoms with E-state index < -0.39 is 0 Å². The predicted molar refractivity (Wildman–Crippen MR) is 102 cm³/mol. The van der Waals surface area contributed by atoms with Crippen LogP contribution in [0.4, 0.5) is 0 Å². The number of hydrogen-bond acceptors (Lipinski definition) is 6. The zero-order valence-corrected chi connectivity index (χ0v) is 15.0. The number of aromatic nitrogens is 1. The van der Waals surface area contributed by atoms with Crippen LogP contribution in [0.2, 0.25) is 0 Å². The molecular formula is C21H17NO5. The fourth-order valence-corrected chi connectivity index (χ4v) is 3.46. The molecule has 3 N–H and O–H groups in total. The molecule has 1 heterocycles. The lowest BCUT2D eigenvalue weighted by Gasteiger charge is -2.16. The predicted octanol–water partition coefficient (Wildman–Crippen LogP) is 4.00. The van der Waals surface area contributed by atoms with E-state index in [0.29, 0.717) is 39.2 Å². The third-order valence-electron chi connectivity index (χ3n) is 4.66. The molecule has 6 nitrogen and oxygen atoms in total. The number of phenols is 3. The van der Waals surface area contributed by atoms with Gasteiger partial charge in [-0.15, -0.1) is 0 Å². The molecule has 0 fully saturated rings. The van der Waals surface area contributed by atoms with Crippen molar-refractivity contribution in [2.24, 2.45) is 0 Å². The van der Waals surface area contributed by atoms with E-state index in [4.69, 9.17) is 4.42 Å². The molecule has 0 saturated carbocycles. The Morgan fingerprint density at radius 1 is 0.852 bits per heavy atom.